The lowest BCUT2D eigenvalue weighted by atomic mass is 9.99. The van der Waals surface area contributed by atoms with Crippen molar-refractivity contribution in [2.75, 3.05) is 13.2 Å². The number of esters is 1. The van der Waals surface area contributed by atoms with E-state index in [4.69, 9.17) is 22.1 Å². The van der Waals surface area contributed by atoms with Crippen LogP contribution >= 0.6 is 11.6 Å². The zero-order valence-electron chi connectivity index (χ0n) is 9.28. The van der Waals surface area contributed by atoms with Gasteiger partial charge in [0, 0.05) is 11.6 Å². The molecule has 0 aromatic heterocycles. The molecule has 0 saturated heterocycles. The van der Waals surface area contributed by atoms with E-state index in [0.717, 1.165) is 5.56 Å². The molecule has 0 heterocycles. The first kappa shape index (κ1) is 13.0. The fourth-order valence-electron chi connectivity index (χ4n) is 1.45. The molecule has 0 radical (unpaired) electrons. The first-order valence-corrected chi connectivity index (χ1v) is 5.67. The molecule has 1 unspecified atom stereocenters. The number of halogens is 1. The predicted octanol–water partition coefficient (Wildman–Crippen LogP) is 2.02. The molecular weight excluding hydrogens is 226 g/mol. The van der Waals surface area contributed by atoms with Crippen LogP contribution in [0.3, 0.4) is 0 Å². The third-order valence-corrected chi connectivity index (χ3v) is 2.70. The van der Waals surface area contributed by atoms with Crippen LogP contribution in [0.4, 0.5) is 0 Å². The van der Waals surface area contributed by atoms with Gasteiger partial charge < -0.3 is 10.5 Å². The summed E-state index contributed by atoms with van der Waals surface area (Å²) in [6.07, 6.45) is 0.523. The molecule has 0 fully saturated rings. The van der Waals surface area contributed by atoms with Crippen molar-refractivity contribution in [1.29, 1.82) is 0 Å². The molecular formula is C12H16ClNO2. The molecule has 1 rings (SSSR count). The van der Waals surface area contributed by atoms with E-state index in [1.54, 1.807) is 13.0 Å². The zero-order chi connectivity index (χ0) is 12.0. The molecule has 3 nitrogen and oxygen atoms in total. The second kappa shape index (κ2) is 6.51. The van der Waals surface area contributed by atoms with E-state index < -0.39 is 0 Å². The summed E-state index contributed by atoms with van der Waals surface area (Å²) in [4.78, 5) is 11.5. The largest absolute Gasteiger partial charge is 0.466 e. The number of nitrogens with two attached hydrogens (primary N) is 1. The average molecular weight is 242 g/mol. The van der Waals surface area contributed by atoms with Crippen LogP contribution < -0.4 is 5.73 Å². The molecule has 4 heteroatoms. The van der Waals surface area contributed by atoms with Crippen molar-refractivity contribution in [3.05, 3.63) is 34.9 Å². The molecule has 0 saturated carbocycles. The molecule has 0 bridgehead atoms. The number of ether oxygens (including phenoxy) is 1. The lowest BCUT2D eigenvalue weighted by molar-refractivity contribution is -0.147. The Kier molecular flexibility index (Phi) is 5.29. The minimum absolute atomic E-state index is 0.259. The smallest absolute Gasteiger partial charge is 0.310 e. The Morgan fingerprint density at radius 1 is 1.50 bits per heavy atom. The molecule has 0 spiro atoms. The fraction of sp³-hybridized carbons (Fsp3) is 0.417. The number of benzene rings is 1. The Labute approximate surface area is 101 Å². The normalized spacial score (nSPS) is 12.2. The van der Waals surface area contributed by atoms with Gasteiger partial charge in [0.1, 0.15) is 0 Å². The lowest BCUT2D eigenvalue weighted by Crippen LogP contribution is -2.27. The highest BCUT2D eigenvalue weighted by molar-refractivity contribution is 6.31. The molecule has 2 N–H and O–H groups in total. The van der Waals surface area contributed by atoms with Gasteiger partial charge in [0.25, 0.3) is 0 Å². The standard InChI is InChI=1S/C12H16ClNO2/c1-2-16-12(15)10(8-14)7-9-5-3-4-6-11(9)13/h3-6,10H,2,7-8,14H2,1H3. The molecule has 1 atom stereocenters. The van der Waals surface area contributed by atoms with Crippen molar-refractivity contribution < 1.29 is 9.53 Å². The van der Waals surface area contributed by atoms with E-state index in [2.05, 4.69) is 0 Å². The number of rotatable bonds is 5. The number of hydrogen-bond acceptors (Lipinski definition) is 3. The number of carbonyl (C=O) groups excluding carboxylic acids is 1. The van der Waals surface area contributed by atoms with Gasteiger partial charge in [0.05, 0.1) is 12.5 Å². The minimum atomic E-state index is -0.320. The second-order valence-corrected chi connectivity index (χ2v) is 3.89. The average Bonchev–Trinajstić information content (AvgIpc) is 2.28. The summed E-state index contributed by atoms with van der Waals surface area (Å²) in [6.45, 7) is 2.42. The maximum absolute atomic E-state index is 11.5. The second-order valence-electron chi connectivity index (χ2n) is 3.48. The summed E-state index contributed by atoms with van der Waals surface area (Å²) >= 11 is 6.01. The van der Waals surface area contributed by atoms with Crippen LogP contribution in [0.15, 0.2) is 24.3 Å². The Morgan fingerprint density at radius 3 is 2.75 bits per heavy atom. The summed E-state index contributed by atoms with van der Waals surface area (Å²) in [5, 5.41) is 0.658. The summed E-state index contributed by atoms with van der Waals surface area (Å²) in [5.74, 6) is -0.579. The van der Waals surface area contributed by atoms with E-state index in [-0.39, 0.29) is 18.4 Å². The molecule has 0 aliphatic rings. The van der Waals surface area contributed by atoms with Gasteiger partial charge in [-0.2, -0.15) is 0 Å². The maximum atomic E-state index is 11.5. The van der Waals surface area contributed by atoms with Crippen LogP contribution in [-0.2, 0) is 16.0 Å². The van der Waals surface area contributed by atoms with E-state index in [1.165, 1.54) is 0 Å². The fourth-order valence-corrected chi connectivity index (χ4v) is 1.67. The minimum Gasteiger partial charge on any atom is -0.466 e. The summed E-state index contributed by atoms with van der Waals surface area (Å²) in [6, 6.07) is 7.44. The Bertz CT molecular complexity index is 355. The van der Waals surface area contributed by atoms with Gasteiger partial charge in [-0.15, -0.1) is 0 Å². The molecule has 0 aliphatic carbocycles. The Hall–Kier alpha value is -1.06. The third-order valence-electron chi connectivity index (χ3n) is 2.33. The van der Waals surface area contributed by atoms with Crippen LogP contribution in [0.2, 0.25) is 5.02 Å². The topological polar surface area (TPSA) is 52.3 Å². The van der Waals surface area contributed by atoms with Crippen LogP contribution in [0.25, 0.3) is 0 Å². The molecule has 1 aromatic rings. The van der Waals surface area contributed by atoms with E-state index >= 15 is 0 Å². The SMILES string of the molecule is CCOC(=O)C(CN)Cc1ccccc1Cl. The summed E-state index contributed by atoms with van der Waals surface area (Å²) in [7, 11) is 0. The van der Waals surface area contributed by atoms with Crippen molar-refractivity contribution in [3.63, 3.8) is 0 Å². The van der Waals surface area contributed by atoms with Crippen molar-refractivity contribution in [3.8, 4) is 0 Å². The maximum Gasteiger partial charge on any atom is 0.310 e. The monoisotopic (exact) mass is 241 g/mol. The molecule has 16 heavy (non-hydrogen) atoms. The van der Waals surface area contributed by atoms with Crippen molar-refractivity contribution >= 4 is 17.6 Å². The highest BCUT2D eigenvalue weighted by atomic mass is 35.5. The van der Waals surface area contributed by atoms with Crippen LogP contribution in [0, 0.1) is 5.92 Å². The molecule has 0 aliphatic heterocycles. The van der Waals surface area contributed by atoms with Gasteiger partial charge in [-0.3, -0.25) is 4.79 Å². The number of carbonyl (C=O) groups is 1. The van der Waals surface area contributed by atoms with Crippen molar-refractivity contribution in [2.24, 2.45) is 11.7 Å². The van der Waals surface area contributed by atoms with Gasteiger partial charge in [0.15, 0.2) is 0 Å². The molecule has 0 amide bonds. The summed E-state index contributed by atoms with van der Waals surface area (Å²) < 4.78 is 4.94. The van der Waals surface area contributed by atoms with Gasteiger partial charge in [-0.05, 0) is 25.0 Å². The van der Waals surface area contributed by atoms with Gasteiger partial charge in [-0.25, -0.2) is 0 Å². The van der Waals surface area contributed by atoms with Crippen LogP contribution in [-0.4, -0.2) is 19.1 Å². The highest BCUT2D eigenvalue weighted by Crippen LogP contribution is 2.19. The quantitative estimate of drug-likeness (QED) is 0.803. The lowest BCUT2D eigenvalue weighted by Gasteiger charge is -2.14. The van der Waals surface area contributed by atoms with Gasteiger partial charge in [-0.1, -0.05) is 29.8 Å². The number of hydrogen-bond donors (Lipinski definition) is 1. The Morgan fingerprint density at radius 2 is 2.19 bits per heavy atom. The van der Waals surface area contributed by atoms with Crippen LogP contribution in [0.1, 0.15) is 12.5 Å². The Balaban J connectivity index is 2.70. The van der Waals surface area contributed by atoms with Gasteiger partial charge >= 0.3 is 5.97 Å². The van der Waals surface area contributed by atoms with E-state index in [0.29, 0.717) is 18.1 Å². The van der Waals surface area contributed by atoms with Crippen molar-refractivity contribution in [2.45, 2.75) is 13.3 Å². The predicted molar refractivity (Wildman–Crippen MR) is 64.3 cm³/mol. The van der Waals surface area contributed by atoms with Crippen molar-refractivity contribution in [1.82, 2.24) is 0 Å². The first-order chi connectivity index (χ1) is 7.69. The first-order valence-electron chi connectivity index (χ1n) is 5.29. The molecule has 88 valence electrons. The van der Waals surface area contributed by atoms with Crippen LogP contribution in [0.5, 0.6) is 0 Å². The van der Waals surface area contributed by atoms with E-state index in [1.807, 2.05) is 18.2 Å². The van der Waals surface area contributed by atoms with E-state index in [9.17, 15) is 4.79 Å². The highest BCUT2D eigenvalue weighted by Gasteiger charge is 2.19. The molecule has 1 aromatic carbocycles. The summed E-state index contributed by atoms with van der Waals surface area (Å²) in [5.41, 5.74) is 6.48. The zero-order valence-corrected chi connectivity index (χ0v) is 10.0. The third kappa shape index (κ3) is 3.51. The van der Waals surface area contributed by atoms with Gasteiger partial charge in [0.2, 0.25) is 0 Å².